The van der Waals surface area contributed by atoms with Gasteiger partial charge >= 0.3 is 0 Å². The molecule has 2 aliphatic heterocycles. The summed E-state index contributed by atoms with van der Waals surface area (Å²) in [6.07, 6.45) is 2.16. The molecule has 1 saturated heterocycles. The molecule has 4 heteroatoms. The van der Waals surface area contributed by atoms with Gasteiger partial charge in [0.15, 0.2) is 0 Å². The molecule has 0 bridgehead atoms. The van der Waals surface area contributed by atoms with E-state index in [1.807, 2.05) is 6.07 Å². The number of aliphatic hydroxyl groups excluding tert-OH is 1. The van der Waals surface area contributed by atoms with Gasteiger partial charge in [0.1, 0.15) is 0 Å². The molecule has 3 heterocycles. The summed E-state index contributed by atoms with van der Waals surface area (Å²) in [5, 5.41) is 21.9. The Morgan fingerprint density at radius 3 is 2.90 bits per heavy atom. The lowest BCUT2D eigenvalue weighted by Crippen LogP contribution is -2.56. The number of para-hydroxylation sites is 1. The summed E-state index contributed by atoms with van der Waals surface area (Å²) in [4.78, 5) is 5.93. The van der Waals surface area contributed by atoms with Crippen molar-refractivity contribution in [3.63, 3.8) is 0 Å². The molecule has 0 amide bonds. The molecule has 2 aromatic rings. The van der Waals surface area contributed by atoms with E-state index in [1.54, 1.807) is 0 Å². The van der Waals surface area contributed by atoms with E-state index in [1.165, 1.54) is 10.9 Å². The Labute approximate surface area is 124 Å². The Balaban J connectivity index is 1.95. The van der Waals surface area contributed by atoms with Gasteiger partial charge in [-0.1, -0.05) is 18.2 Å². The SMILES string of the molecule is C[C@]12c3[nH]c4ccccc4c3CCN1CC[C@@]2(O)CCO. The van der Waals surface area contributed by atoms with E-state index in [-0.39, 0.29) is 6.61 Å². The van der Waals surface area contributed by atoms with Crippen LogP contribution in [0, 0.1) is 0 Å². The number of hydrogen-bond donors (Lipinski definition) is 3. The summed E-state index contributed by atoms with van der Waals surface area (Å²) >= 11 is 0. The molecule has 112 valence electrons. The van der Waals surface area contributed by atoms with Crippen molar-refractivity contribution in [3.8, 4) is 0 Å². The minimum absolute atomic E-state index is 0.0233. The lowest BCUT2D eigenvalue weighted by molar-refractivity contribution is -0.0772. The molecule has 2 aliphatic rings. The van der Waals surface area contributed by atoms with E-state index in [2.05, 4.69) is 35.0 Å². The lowest BCUT2D eigenvalue weighted by Gasteiger charge is -2.47. The first-order chi connectivity index (χ1) is 10.1. The quantitative estimate of drug-likeness (QED) is 0.788. The first-order valence-electron chi connectivity index (χ1n) is 7.78. The molecule has 0 unspecified atom stereocenters. The monoisotopic (exact) mass is 286 g/mol. The zero-order chi connectivity index (χ0) is 14.7. The number of nitrogens with zero attached hydrogens (tertiary/aromatic N) is 1. The molecular formula is C17H22N2O2. The van der Waals surface area contributed by atoms with Gasteiger partial charge in [-0.15, -0.1) is 0 Å². The smallest absolute Gasteiger partial charge is 0.0918 e. The predicted octanol–water partition coefficient (Wildman–Crippen LogP) is 1.76. The number of aromatic nitrogens is 1. The number of rotatable bonds is 2. The highest BCUT2D eigenvalue weighted by atomic mass is 16.3. The van der Waals surface area contributed by atoms with Crippen molar-refractivity contribution in [2.45, 2.75) is 37.3 Å². The summed E-state index contributed by atoms with van der Waals surface area (Å²) < 4.78 is 0. The number of hydrogen-bond acceptors (Lipinski definition) is 3. The van der Waals surface area contributed by atoms with Crippen LogP contribution in [0.15, 0.2) is 24.3 Å². The van der Waals surface area contributed by atoms with Crippen LogP contribution in [-0.4, -0.2) is 45.4 Å². The van der Waals surface area contributed by atoms with E-state index >= 15 is 0 Å². The van der Waals surface area contributed by atoms with Crippen LogP contribution in [0.4, 0.5) is 0 Å². The molecule has 1 fully saturated rings. The highest BCUT2D eigenvalue weighted by Gasteiger charge is 2.58. The van der Waals surface area contributed by atoms with Crippen molar-refractivity contribution in [2.24, 2.45) is 0 Å². The van der Waals surface area contributed by atoms with Crippen LogP contribution >= 0.6 is 0 Å². The number of aliphatic hydroxyl groups is 2. The molecule has 2 atom stereocenters. The fourth-order valence-electron chi connectivity index (χ4n) is 4.48. The Morgan fingerprint density at radius 2 is 2.10 bits per heavy atom. The van der Waals surface area contributed by atoms with Crippen molar-refractivity contribution in [1.29, 1.82) is 0 Å². The Hall–Kier alpha value is -1.36. The topological polar surface area (TPSA) is 59.5 Å². The van der Waals surface area contributed by atoms with Crippen molar-refractivity contribution >= 4 is 10.9 Å². The van der Waals surface area contributed by atoms with E-state index in [0.29, 0.717) is 6.42 Å². The molecule has 4 nitrogen and oxygen atoms in total. The third-order valence-electron chi connectivity index (χ3n) is 5.79. The van der Waals surface area contributed by atoms with Crippen LogP contribution in [-0.2, 0) is 12.0 Å². The summed E-state index contributed by atoms with van der Waals surface area (Å²) in [7, 11) is 0. The van der Waals surface area contributed by atoms with Crippen LogP contribution in [0.1, 0.15) is 31.0 Å². The highest BCUT2D eigenvalue weighted by Crippen LogP contribution is 2.51. The molecule has 1 aromatic heterocycles. The third kappa shape index (κ3) is 1.55. The fraction of sp³-hybridized carbons (Fsp3) is 0.529. The molecule has 0 aliphatic carbocycles. The minimum atomic E-state index is -0.863. The number of fused-ring (bicyclic) bond motifs is 5. The van der Waals surface area contributed by atoms with E-state index in [9.17, 15) is 10.2 Å². The van der Waals surface area contributed by atoms with Gasteiger partial charge in [0.2, 0.25) is 0 Å². The first kappa shape index (κ1) is 13.3. The lowest BCUT2D eigenvalue weighted by atomic mass is 9.74. The zero-order valence-corrected chi connectivity index (χ0v) is 12.4. The zero-order valence-electron chi connectivity index (χ0n) is 12.4. The maximum atomic E-state index is 11.2. The molecule has 0 saturated carbocycles. The summed E-state index contributed by atoms with van der Waals surface area (Å²) in [5.74, 6) is 0. The van der Waals surface area contributed by atoms with Crippen molar-refractivity contribution < 1.29 is 10.2 Å². The van der Waals surface area contributed by atoms with Gasteiger partial charge in [0.05, 0.1) is 11.1 Å². The van der Waals surface area contributed by atoms with E-state index < -0.39 is 11.1 Å². The van der Waals surface area contributed by atoms with Crippen LogP contribution in [0.3, 0.4) is 0 Å². The Morgan fingerprint density at radius 1 is 1.29 bits per heavy atom. The van der Waals surface area contributed by atoms with Gasteiger partial charge in [-0.3, -0.25) is 4.90 Å². The van der Waals surface area contributed by atoms with Crippen LogP contribution in [0.25, 0.3) is 10.9 Å². The van der Waals surface area contributed by atoms with E-state index in [4.69, 9.17) is 0 Å². The number of nitrogens with one attached hydrogen (secondary N) is 1. The van der Waals surface area contributed by atoms with Crippen LogP contribution < -0.4 is 0 Å². The number of benzene rings is 1. The maximum absolute atomic E-state index is 11.2. The van der Waals surface area contributed by atoms with Gasteiger partial charge in [-0.05, 0) is 31.4 Å². The van der Waals surface area contributed by atoms with Crippen molar-refractivity contribution in [1.82, 2.24) is 9.88 Å². The molecule has 0 radical (unpaired) electrons. The molecular weight excluding hydrogens is 264 g/mol. The Kier molecular flexibility index (Phi) is 2.74. The Bertz CT molecular complexity index is 695. The average Bonchev–Trinajstić information content (AvgIpc) is 2.97. The summed E-state index contributed by atoms with van der Waals surface area (Å²) in [6.45, 7) is 4.01. The van der Waals surface area contributed by atoms with Gasteiger partial charge in [0, 0.05) is 42.7 Å². The third-order valence-corrected chi connectivity index (χ3v) is 5.79. The number of aromatic amines is 1. The second kappa shape index (κ2) is 4.32. The minimum Gasteiger partial charge on any atom is -0.396 e. The average molecular weight is 286 g/mol. The molecule has 1 aromatic carbocycles. The van der Waals surface area contributed by atoms with Gasteiger partial charge in [-0.25, -0.2) is 0 Å². The van der Waals surface area contributed by atoms with Crippen molar-refractivity contribution in [3.05, 3.63) is 35.5 Å². The molecule has 4 rings (SSSR count). The molecule has 3 N–H and O–H groups in total. The van der Waals surface area contributed by atoms with Crippen LogP contribution in [0.2, 0.25) is 0 Å². The summed E-state index contributed by atoms with van der Waals surface area (Å²) in [5.41, 5.74) is 2.33. The maximum Gasteiger partial charge on any atom is 0.0918 e. The predicted molar refractivity (Wildman–Crippen MR) is 82.2 cm³/mol. The molecule has 21 heavy (non-hydrogen) atoms. The fourth-order valence-corrected chi connectivity index (χ4v) is 4.48. The van der Waals surface area contributed by atoms with Crippen molar-refractivity contribution in [2.75, 3.05) is 19.7 Å². The summed E-state index contributed by atoms with van der Waals surface area (Å²) in [6, 6.07) is 8.36. The highest BCUT2D eigenvalue weighted by molar-refractivity contribution is 5.85. The van der Waals surface area contributed by atoms with Crippen LogP contribution in [0.5, 0.6) is 0 Å². The second-order valence-electron chi connectivity index (χ2n) is 6.59. The first-order valence-corrected chi connectivity index (χ1v) is 7.78. The van der Waals surface area contributed by atoms with E-state index in [0.717, 1.165) is 37.1 Å². The normalized spacial score (nSPS) is 32.3. The standard InChI is InChI=1S/C17H22N2O2/c1-16-15-13(12-4-2-3-5-14(12)18-15)6-9-19(16)10-7-17(16,21)8-11-20/h2-5,18,20-21H,6-11H2,1H3/t16-,17-/m1/s1. The molecule has 0 spiro atoms. The van der Waals surface area contributed by atoms with Gasteiger partial charge in [0.25, 0.3) is 0 Å². The van der Waals surface area contributed by atoms with Gasteiger partial charge < -0.3 is 15.2 Å². The second-order valence-corrected chi connectivity index (χ2v) is 6.59. The van der Waals surface area contributed by atoms with Gasteiger partial charge in [-0.2, -0.15) is 0 Å². The number of H-pyrrole nitrogens is 1. The largest absolute Gasteiger partial charge is 0.396 e.